The highest BCUT2D eigenvalue weighted by molar-refractivity contribution is 6.42. The standard InChI is InChI=1S/C22H15Cl4N3O3/c23-14-6-4-13(5-7-14)10-29-11-17(25)21(28-29)27-22(30)19-9-8-15(32-19)12-31-18-3-1-2-16(24)20(18)26/h1-9,11H,10,12H2,(H,27,28,30). The minimum absolute atomic E-state index is 0.0732. The monoisotopic (exact) mass is 509 g/mol. The molecule has 32 heavy (non-hydrogen) atoms. The van der Waals surface area contributed by atoms with E-state index in [1.54, 1.807) is 47.3 Å². The van der Waals surface area contributed by atoms with Crippen LogP contribution in [-0.4, -0.2) is 15.7 Å². The first-order chi connectivity index (χ1) is 15.4. The van der Waals surface area contributed by atoms with E-state index in [-0.39, 0.29) is 18.2 Å². The molecule has 2 aromatic carbocycles. The number of nitrogens with one attached hydrogen (secondary N) is 1. The van der Waals surface area contributed by atoms with Gasteiger partial charge in [-0.15, -0.1) is 0 Å². The summed E-state index contributed by atoms with van der Waals surface area (Å²) in [5, 5.41) is 8.62. The van der Waals surface area contributed by atoms with Gasteiger partial charge >= 0.3 is 0 Å². The Balaban J connectivity index is 1.38. The Morgan fingerprint density at radius 2 is 1.78 bits per heavy atom. The van der Waals surface area contributed by atoms with Crippen molar-refractivity contribution in [3.8, 4) is 5.75 Å². The lowest BCUT2D eigenvalue weighted by atomic mass is 10.2. The second-order valence-electron chi connectivity index (χ2n) is 6.71. The third-order valence-electron chi connectivity index (χ3n) is 4.38. The maximum Gasteiger partial charge on any atom is 0.292 e. The average Bonchev–Trinajstić information content (AvgIpc) is 3.37. The summed E-state index contributed by atoms with van der Waals surface area (Å²) in [4.78, 5) is 12.6. The first-order valence-electron chi connectivity index (χ1n) is 9.33. The summed E-state index contributed by atoms with van der Waals surface area (Å²) in [6, 6.07) is 15.6. The quantitative estimate of drug-likeness (QED) is 0.291. The zero-order chi connectivity index (χ0) is 22.7. The molecule has 0 aliphatic heterocycles. The van der Waals surface area contributed by atoms with Crippen molar-refractivity contribution in [1.29, 1.82) is 0 Å². The van der Waals surface area contributed by atoms with Crippen LogP contribution < -0.4 is 10.1 Å². The molecule has 4 aromatic rings. The van der Waals surface area contributed by atoms with Crippen LogP contribution >= 0.6 is 46.4 Å². The van der Waals surface area contributed by atoms with E-state index < -0.39 is 5.91 Å². The molecular weight excluding hydrogens is 496 g/mol. The number of amides is 1. The van der Waals surface area contributed by atoms with Crippen LogP contribution in [0.25, 0.3) is 0 Å². The van der Waals surface area contributed by atoms with Crippen molar-refractivity contribution in [2.75, 3.05) is 5.32 Å². The van der Waals surface area contributed by atoms with E-state index in [4.69, 9.17) is 55.6 Å². The molecule has 0 unspecified atom stereocenters. The van der Waals surface area contributed by atoms with Gasteiger partial charge in [0.2, 0.25) is 0 Å². The van der Waals surface area contributed by atoms with Crippen LogP contribution in [0.2, 0.25) is 20.1 Å². The molecule has 2 heterocycles. The summed E-state index contributed by atoms with van der Waals surface area (Å²) in [6.45, 7) is 0.547. The van der Waals surface area contributed by atoms with E-state index in [0.717, 1.165) is 5.56 Å². The molecule has 0 atom stereocenters. The molecule has 0 fully saturated rings. The SMILES string of the molecule is O=C(Nc1nn(Cc2ccc(Cl)cc2)cc1Cl)c1ccc(COc2cccc(Cl)c2Cl)o1. The first kappa shape index (κ1) is 22.6. The lowest BCUT2D eigenvalue weighted by molar-refractivity contribution is 0.0992. The maximum absolute atomic E-state index is 12.6. The van der Waals surface area contributed by atoms with Gasteiger partial charge in [0.05, 0.1) is 11.6 Å². The minimum Gasteiger partial charge on any atom is -0.484 e. The van der Waals surface area contributed by atoms with Gasteiger partial charge in [-0.3, -0.25) is 9.48 Å². The number of furan rings is 1. The molecule has 0 aliphatic rings. The van der Waals surface area contributed by atoms with Crippen LogP contribution in [0.4, 0.5) is 5.82 Å². The van der Waals surface area contributed by atoms with Crippen molar-refractivity contribution in [2.45, 2.75) is 13.2 Å². The van der Waals surface area contributed by atoms with E-state index in [0.29, 0.717) is 38.1 Å². The van der Waals surface area contributed by atoms with E-state index in [1.165, 1.54) is 6.07 Å². The zero-order valence-electron chi connectivity index (χ0n) is 16.3. The fourth-order valence-electron chi connectivity index (χ4n) is 2.83. The van der Waals surface area contributed by atoms with Gasteiger partial charge in [0.1, 0.15) is 28.2 Å². The van der Waals surface area contributed by atoms with Crippen molar-refractivity contribution < 1.29 is 13.9 Å². The molecule has 6 nitrogen and oxygen atoms in total. The molecule has 1 amide bonds. The largest absolute Gasteiger partial charge is 0.484 e. The van der Waals surface area contributed by atoms with E-state index >= 15 is 0 Å². The van der Waals surface area contributed by atoms with Crippen molar-refractivity contribution >= 4 is 58.1 Å². The molecule has 0 radical (unpaired) electrons. The molecule has 0 saturated carbocycles. The highest BCUT2D eigenvalue weighted by Crippen LogP contribution is 2.32. The Bertz CT molecular complexity index is 1250. The van der Waals surface area contributed by atoms with E-state index in [9.17, 15) is 4.79 Å². The van der Waals surface area contributed by atoms with Crippen LogP contribution in [0.5, 0.6) is 5.75 Å². The number of aromatic nitrogens is 2. The van der Waals surface area contributed by atoms with Gasteiger partial charge in [-0.25, -0.2) is 0 Å². The number of carbonyl (C=O) groups excluding carboxylic acids is 1. The number of carbonyl (C=O) groups is 1. The molecule has 0 bridgehead atoms. The Morgan fingerprint density at radius 3 is 2.56 bits per heavy atom. The second kappa shape index (κ2) is 9.88. The zero-order valence-corrected chi connectivity index (χ0v) is 19.3. The maximum atomic E-state index is 12.6. The molecule has 0 spiro atoms. The summed E-state index contributed by atoms with van der Waals surface area (Å²) < 4.78 is 12.8. The number of halogens is 4. The van der Waals surface area contributed by atoms with Gasteiger partial charge in [-0.05, 0) is 42.0 Å². The van der Waals surface area contributed by atoms with Crippen LogP contribution in [0.1, 0.15) is 21.9 Å². The molecule has 0 aliphatic carbocycles. The highest BCUT2D eigenvalue weighted by Gasteiger charge is 2.16. The van der Waals surface area contributed by atoms with Gasteiger partial charge in [0, 0.05) is 11.2 Å². The number of anilines is 1. The summed E-state index contributed by atoms with van der Waals surface area (Å²) in [7, 11) is 0. The van der Waals surface area contributed by atoms with E-state index in [2.05, 4.69) is 10.4 Å². The Morgan fingerprint density at radius 1 is 1.00 bits per heavy atom. The fourth-order valence-corrected chi connectivity index (χ4v) is 3.50. The van der Waals surface area contributed by atoms with Gasteiger partial charge in [0.15, 0.2) is 11.6 Å². The number of hydrogen-bond donors (Lipinski definition) is 1. The third kappa shape index (κ3) is 5.40. The van der Waals surface area contributed by atoms with Crippen molar-refractivity contribution in [3.63, 3.8) is 0 Å². The van der Waals surface area contributed by atoms with Crippen LogP contribution in [0, 0.1) is 0 Å². The fraction of sp³-hybridized carbons (Fsp3) is 0.0909. The molecular formula is C22H15Cl4N3O3. The number of nitrogens with zero attached hydrogens (tertiary/aromatic N) is 2. The van der Waals surface area contributed by atoms with E-state index in [1.807, 2.05) is 12.1 Å². The summed E-state index contributed by atoms with van der Waals surface area (Å²) in [5.41, 5.74) is 0.988. The molecule has 2 aromatic heterocycles. The van der Waals surface area contributed by atoms with Gasteiger partial charge in [-0.2, -0.15) is 5.10 Å². The van der Waals surface area contributed by atoms with Crippen LogP contribution in [-0.2, 0) is 13.2 Å². The summed E-state index contributed by atoms with van der Waals surface area (Å²) >= 11 is 24.2. The first-order valence-corrected chi connectivity index (χ1v) is 10.8. The Hall–Kier alpha value is -2.64. The Labute approximate surface area is 203 Å². The molecule has 4 rings (SSSR count). The second-order valence-corrected chi connectivity index (χ2v) is 8.34. The Kier molecular flexibility index (Phi) is 6.96. The molecule has 1 N–H and O–H groups in total. The normalized spacial score (nSPS) is 10.9. The lowest BCUT2D eigenvalue weighted by Gasteiger charge is -2.07. The summed E-state index contributed by atoms with van der Waals surface area (Å²) in [6.07, 6.45) is 1.63. The van der Waals surface area contributed by atoms with Gasteiger partial charge in [0.25, 0.3) is 5.91 Å². The number of ether oxygens (including phenoxy) is 1. The third-order valence-corrected chi connectivity index (χ3v) is 5.71. The minimum atomic E-state index is -0.490. The smallest absolute Gasteiger partial charge is 0.292 e. The van der Waals surface area contributed by atoms with Crippen LogP contribution in [0.3, 0.4) is 0 Å². The average molecular weight is 511 g/mol. The van der Waals surface area contributed by atoms with Gasteiger partial charge in [-0.1, -0.05) is 64.6 Å². The molecule has 10 heteroatoms. The predicted octanol–water partition coefficient (Wildman–Crippen LogP) is 6.97. The highest BCUT2D eigenvalue weighted by atomic mass is 35.5. The number of hydrogen-bond acceptors (Lipinski definition) is 4. The van der Waals surface area contributed by atoms with Crippen molar-refractivity contribution in [2.24, 2.45) is 0 Å². The predicted molar refractivity (Wildman–Crippen MR) is 125 cm³/mol. The van der Waals surface area contributed by atoms with Crippen molar-refractivity contribution in [3.05, 3.63) is 98.0 Å². The van der Waals surface area contributed by atoms with Crippen LogP contribution in [0.15, 0.2) is 65.2 Å². The molecule has 164 valence electrons. The topological polar surface area (TPSA) is 69.3 Å². The van der Waals surface area contributed by atoms with Crippen molar-refractivity contribution in [1.82, 2.24) is 9.78 Å². The number of rotatable bonds is 7. The lowest BCUT2D eigenvalue weighted by Crippen LogP contribution is -2.12. The summed E-state index contributed by atoms with van der Waals surface area (Å²) in [5.74, 6) is 0.676. The van der Waals surface area contributed by atoms with Gasteiger partial charge < -0.3 is 14.5 Å². The number of benzene rings is 2. The molecule has 0 saturated heterocycles.